The maximum Gasteiger partial charge on any atom is 0.202 e. The van der Waals surface area contributed by atoms with Gasteiger partial charge in [0, 0.05) is 27.2 Å². The molecule has 2 atom stereocenters. The molecule has 34 heavy (non-hydrogen) atoms. The SMILES string of the molecule is Cc1cc(N2C(c3ccccc3Cl)Oc3ccc4ccccc4c3C2c2ccccc2Cl)no1. The van der Waals surface area contributed by atoms with Crippen molar-refractivity contribution in [3.63, 3.8) is 0 Å². The summed E-state index contributed by atoms with van der Waals surface area (Å²) in [6.07, 6.45) is -0.548. The minimum absolute atomic E-state index is 0.297. The van der Waals surface area contributed by atoms with E-state index in [1.807, 2.05) is 79.7 Å². The van der Waals surface area contributed by atoms with Gasteiger partial charge in [0.1, 0.15) is 11.5 Å². The standard InChI is InChI=1S/C28H20Cl2N2O2/c1-17-16-25(31-34-17)32-27(20-10-4-6-12-22(20)29)26-19-9-3-2-8-18(19)14-15-24(26)33-28(32)21-11-5-7-13-23(21)30/h2-16,27-28H,1H3. The Morgan fingerprint density at radius 1 is 0.794 bits per heavy atom. The maximum absolute atomic E-state index is 6.82. The van der Waals surface area contributed by atoms with Crippen LogP contribution in [0.25, 0.3) is 10.8 Å². The topological polar surface area (TPSA) is 38.5 Å². The molecule has 5 aromatic rings. The second-order valence-corrected chi connectivity index (χ2v) is 9.13. The summed E-state index contributed by atoms with van der Waals surface area (Å²) in [6, 6.07) is 29.6. The smallest absolute Gasteiger partial charge is 0.202 e. The van der Waals surface area contributed by atoms with Crippen molar-refractivity contribution in [2.24, 2.45) is 0 Å². The molecule has 0 N–H and O–H groups in total. The number of ether oxygens (including phenoxy) is 1. The van der Waals surface area contributed by atoms with Crippen molar-refractivity contribution in [3.05, 3.63) is 123 Å². The zero-order valence-electron chi connectivity index (χ0n) is 18.3. The Balaban J connectivity index is 1.70. The van der Waals surface area contributed by atoms with E-state index in [2.05, 4.69) is 28.3 Å². The first-order valence-corrected chi connectivity index (χ1v) is 11.8. The highest BCUT2D eigenvalue weighted by atomic mass is 35.5. The third-order valence-corrected chi connectivity index (χ3v) is 6.91. The molecule has 0 fully saturated rings. The molecule has 0 radical (unpaired) electrons. The lowest BCUT2D eigenvalue weighted by Gasteiger charge is -2.44. The van der Waals surface area contributed by atoms with E-state index < -0.39 is 6.23 Å². The molecule has 1 aromatic heterocycles. The Morgan fingerprint density at radius 3 is 2.18 bits per heavy atom. The summed E-state index contributed by atoms with van der Waals surface area (Å²) >= 11 is 13.5. The van der Waals surface area contributed by atoms with Gasteiger partial charge in [0.25, 0.3) is 0 Å². The van der Waals surface area contributed by atoms with Gasteiger partial charge in [-0.1, -0.05) is 95.1 Å². The van der Waals surface area contributed by atoms with Gasteiger partial charge in [-0.15, -0.1) is 0 Å². The Bertz CT molecular complexity index is 1510. The van der Waals surface area contributed by atoms with Crippen LogP contribution in [-0.2, 0) is 0 Å². The molecule has 2 unspecified atom stereocenters. The second kappa shape index (κ2) is 8.39. The Morgan fingerprint density at radius 2 is 1.47 bits per heavy atom. The summed E-state index contributed by atoms with van der Waals surface area (Å²) in [6.45, 7) is 1.87. The molecule has 1 aliphatic rings. The van der Waals surface area contributed by atoms with Crippen molar-refractivity contribution in [1.29, 1.82) is 0 Å². The fourth-order valence-corrected chi connectivity index (χ4v) is 5.20. The van der Waals surface area contributed by atoms with E-state index in [1.165, 1.54) is 0 Å². The zero-order chi connectivity index (χ0) is 23.2. The third kappa shape index (κ3) is 3.42. The van der Waals surface area contributed by atoms with Crippen LogP contribution in [0.5, 0.6) is 5.75 Å². The number of halogens is 2. The van der Waals surface area contributed by atoms with Crippen LogP contribution in [0.2, 0.25) is 10.0 Å². The largest absolute Gasteiger partial charge is 0.466 e. The fourth-order valence-electron chi connectivity index (χ4n) is 4.73. The fraction of sp³-hybridized carbons (Fsp3) is 0.107. The van der Waals surface area contributed by atoms with Crippen molar-refractivity contribution in [3.8, 4) is 5.75 Å². The van der Waals surface area contributed by atoms with Crippen LogP contribution in [-0.4, -0.2) is 5.16 Å². The molecule has 4 aromatic carbocycles. The van der Waals surface area contributed by atoms with Crippen LogP contribution in [0.3, 0.4) is 0 Å². The number of rotatable bonds is 3. The van der Waals surface area contributed by atoms with Gasteiger partial charge in [0.15, 0.2) is 5.82 Å². The predicted molar refractivity (Wildman–Crippen MR) is 136 cm³/mol. The molecular formula is C28H20Cl2N2O2. The normalized spacial score (nSPS) is 17.4. The zero-order valence-corrected chi connectivity index (χ0v) is 19.8. The van der Waals surface area contributed by atoms with Crippen LogP contribution in [0.4, 0.5) is 5.82 Å². The number of aryl methyl sites for hydroxylation is 1. The van der Waals surface area contributed by atoms with E-state index in [9.17, 15) is 0 Å². The number of hydrogen-bond acceptors (Lipinski definition) is 4. The molecule has 168 valence electrons. The molecule has 6 rings (SSSR count). The number of benzene rings is 4. The first-order chi connectivity index (χ1) is 16.6. The molecular weight excluding hydrogens is 467 g/mol. The Kier molecular flexibility index (Phi) is 5.20. The lowest BCUT2D eigenvalue weighted by Crippen LogP contribution is -2.41. The van der Waals surface area contributed by atoms with Gasteiger partial charge in [-0.25, -0.2) is 0 Å². The number of anilines is 1. The highest BCUT2D eigenvalue weighted by molar-refractivity contribution is 6.31. The third-order valence-electron chi connectivity index (χ3n) is 6.22. The molecule has 0 spiro atoms. The minimum atomic E-state index is -0.548. The highest BCUT2D eigenvalue weighted by Crippen LogP contribution is 2.51. The highest BCUT2D eigenvalue weighted by Gasteiger charge is 2.41. The molecule has 4 nitrogen and oxygen atoms in total. The number of hydrogen-bond donors (Lipinski definition) is 0. The van der Waals surface area contributed by atoms with Crippen molar-refractivity contribution in [2.75, 3.05) is 4.90 Å². The first-order valence-electron chi connectivity index (χ1n) is 11.0. The van der Waals surface area contributed by atoms with Crippen LogP contribution in [0.15, 0.2) is 95.5 Å². The van der Waals surface area contributed by atoms with Gasteiger partial charge >= 0.3 is 0 Å². The summed E-state index contributed by atoms with van der Waals surface area (Å²) in [4.78, 5) is 2.10. The average Bonchev–Trinajstić information content (AvgIpc) is 3.29. The molecule has 0 bridgehead atoms. The van der Waals surface area contributed by atoms with Crippen LogP contribution in [0, 0.1) is 6.92 Å². The van der Waals surface area contributed by atoms with Crippen molar-refractivity contribution in [1.82, 2.24) is 5.16 Å². The molecule has 0 amide bonds. The van der Waals surface area contributed by atoms with E-state index in [-0.39, 0.29) is 6.04 Å². The molecule has 0 saturated heterocycles. The molecule has 2 heterocycles. The summed E-state index contributed by atoms with van der Waals surface area (Å²) in [5, 5.41) is 7.87. The van der Waals surface area contributed by atoms with Gasteiger partial charge in [0.2, 0.25) is 6.23 Å². The molecule has 6 heteroatoms. The second-order valence-electron chi connectivity index (χ2n) is 8.32. The van der Waals surface area contributed by atoms with Gasteiger partial charge in [-0.05, 0) is 41.5 Å². The number of nitrogens with zero attached hydrogens (tertiary/aromatic N) is 2. The monoisotopic (exact) mass is 486 g/mol. The predicted octanol–water partition coefficient (Wildman–Crippen LogP) is 8.13. The average molecular weight is 487 g/mol. The van der Waals surface area contributed by atoms with E-state index in [1.54, 1.807) is 0 Å². The summed E-state index contributed by atoms with van der Waals surface area (Å²) in [7, 11) is 0. The van der Waals surface area contributed by atoms with Gasteiger partial charge in [-0.3, -0.25) is 0 Å². The van der Waals surface area contributed by atoms with E-state index in [4.69, 9.17) is 32.5 Å². The van der Waals surface area contributed by atoms with Crippen molar-refractivity contribution in [2.45, 2.75) is 19.2 Å². The van der Waals surface area contributed by atoms with Crippen molar-refractivity contribution >= 4 is 39.8 Å². The lowest BCUT2D eigenvalue weighted by atomic mass is 9.89. The van der Waals surface area contributed by atoms with Crippen LogP contribution >= 0.6 is 23.2 Å². The van der Waals surface area contributed by atoms with Crippen LogP contribution in [0.1, 0.15) is 34.7 Å². The van der Waals surface area contributed by atoms with Gasteiger partial charge in [-0.2, -0.15) is 0 Å². The quantitative estimate of drug-likeness (QED) is 0.258. The van der Waals surface area contributed by atoms with Gasteiger partial charge in [0.05, 0.1) is 6.04 Å². The Labute approximate surface area is 207 Å². The summed E-state index contributed by atoms with van der Waals surface area (Å²) in [5.74, 6) is 2.13. The van der Waals surface area contributed by atoms with Crippen molar-refractivity contribution < 1.29 is 9.26 Å². The van der Waals surface area contributed by atoms with Gasteiger partial charge < -0.3 is 14.2 Å². The van der Waals surface area contributed by atoms with E-state index >= 15 is 0 Å². The van der Waals surface area contributed by atoms with E-state index in [0.29, 0.717) is 21.6 Å². The lowest BCUT2D eigenvalue weighted by molar-refractivity contribution is 0.168. The van der Waals surface area contributed by atoms with E-state index in [0.717, 1.165) is 33.2 Å². The summed E-state index contributed by atoms with van der Waals surface area (Å²) < 4.78 is 12.2. The number of aromatic nitrogens is 1. The Hall–Kier alpha value is -3.47. The maximum atomic E-state index is 6.82. The molecule has 1 aliphatic heterocycles. The minimum Gasteiger partial charge on any atom is -0.466 e. The number of fused-ring (bicyclic) bond motifs is 3. The summed E-state index contributed by atoms with van der Waals surface area (Å²) in [5.41, 5.74) is 2.80. The van der Waals surface area contributed by atoms with Crippen LogP contribution < -0.4 is 9.64 Å². The molecule has 0 saturated carbocycles. The first kappa shape index (κ1) is 21.1. The molecule has 0 aliphatic carbocycles.